The number of aryl methyl sites for hydroxylation is 2. The predicted octanol–water partition coefficient (Wildman–Crippen LogP) is 4.04. The van der Waals surface area contributed by atoms with Crippen molar-refractivity contribution in [1.29, 1.82) is 0 Å². The van der Waals surface area contributed by atoms with Gasteiger partial charge in [-0.1, -0.05) is 25.0 Å². The van der Waals surface area contributed by atoms with Gasteiger partial charge >= 0.3 is 0 Å². The second kappa shape index (κ2) is 8.01. The molecule has 1 saturated heterocycles. The topological polar surface area (TPSA) is 57.8 Å². The molecule has 1 aliphatic heterocycles. The van der Waals surface area contributed by atoms with E-state index in [9.17, 15) is 4.79 Å². The monoisotopic (exact) mass is 339 g/mol. The average Bonchev–Trinajstić information content (AvgIpc) is 2.80. The van der Waals surface area contributed by atoms with Crippen LogP contribution in [0.1, 0.15) is 53.1 Å². The first-order chi connectivity index (χ1) is 12.1. The Balaban J connectivity index is 1.58. The van der Waals surface area contributed by atoms with Crippen LogP contribution in [0.5, 0.6) is 0 Å². The lowest BCUT2D eigenvalue weighted by Gasteiger charge is -2.22. The number of carbonyl (C=O) groups is 1. The molecule has 1 amide bonds. The van der Waals surface area contributed by atoms with Gasteiger partial charge in [-0.05, 0) is 50.5 Å². The van der Waals surface area contributed by atoms with Crippen LogP contribution in [0.25, 0.3) is 0 Å². The fraction of sp³-hybridized carbons (Fsp3) is 0.400. The zero-order valence-electron chi connectivity index (χ0n) is 14.9. The molecule has 0 unspecified atom stereocenters. The van der Waals surface area contributed by atoms with E-state index < -0.39 is 0 Å². The smallest absolute Gasteiger partial charge is 0.274 e. The number of benzene rings is 1. The second-order valence-corrected chi connectivity index (χ2v) is 6.52. The fourth-order valence-electron chi connectivity index (χ4n) is 3.18. The highest BCUT2D eigenvalue weighted by atomic mass is 16.3. The van der Waals surface area contributed by atoms with Gasteiger partial charge in [-0.3, -0.25) is 4.79 Å². The summed E-state index contributed by atoms with van der Waals surface area (Å²) in [7, 11) is 0. The minimum atomic E-state index is -0.258. The molecule has 5 nitrogen and oxygen atoms in total. The number of hydrazone groups is 1. The molecule has 1 aromatic carbocycles. The Morgan fingerprint density at radius 2 is 1.80 bits per heavy atom. The van der Waals surface area contributed by atoms with Gasteiger partial charge in [0.15, 0.2) is 0 Å². The van der Waals surface area contributed by atoms with E-state index in [2.05, 4.69) is 27.6 Å². The van der Waals surface area contributed by atoms with Gasteiger partial charge in [0.2, 0.25) is 0 Å². The van der Waals surface area contributed by atoms with Crippen molar-refractivity contribution in [2.24, 2.45) is 5.10 Å². The molecule has 0 aliphatic carbocycles. The lowest BCUT2D eigenvalue weighted by Crippen LogP contribution is -2.23. The Bertz CT molecular complexity index is 739. The quantitative estimate of drug-likeness (QED) is 0.675. The summed E-state index contributed by atoms with van der Waals surface area (Å²) in [5.74, 6) is 1.06. The molecule has 1 aromatic heterocycles. The number of furan rings is 1. The van der Waals surface area contributed by atoms with Gasteiger partial charge < -0.3 is 9.32 Å². The van der Waals surface area contributed by atoms with E-state index in [4.69, 9.17) is 4.42 Å². The molecular weight excluding hydrogens is 314 g/mol. The predicted molar refractivity (Wildman–Crippen MR) is 100 cm³/mol. The standard InChI is InChI=1S/C20H25N3O2/c1-15-13-19(16(2)25-15)20(24)22-21-14-17-7-9-18(10-8-17)23-11-5-3-4-6-12-23/h7-10,13-14H,3-6,11-12H2,1-2H3,(H,22,24)/b21-14-. The van der Waals surface area contributed by atoms with E-state index in [1.54, 1.807) is 19.2 Å². The number of nitrogens with zero attached hydrogens (tertiary/aromatic N) is 2. The number of carbonyl (C=O) groups excluding carboxylic acids is 1. The number of rotatable bonds is 4. The Hall–Kier alpha value is -2.56. The lowest BCUT2D eigenvalue weighted by atomic mass is 10.2. The Morgan fingerprint density at radius 1 is 1.12 bits per heavy atom. The molecule has 1 N–H and O–H groups in total. The van der Waals surface area contributed by atoms with Gasteiger partial charge in [0.05, 0.1) is 11.8 Å². The van der Waals surface area contributed by atoms with E-state index in [0.29, 0.717) is 11.3 Å². The summed E-state index contributed by atoms with van der Waals surface area (Å²) in [6, 6.07) is 10.0. The normalized spacial score (nSPS) is 15.4. The second-order valence-electron chi connectivity index (χ2n) is 6.52. The molecular formula is C20H25N3O2. The summed E-state index contributed by atoms with van der Waals surface area (Å²) < 4.78 is 5.36. The van der Waals surface area contributed by atoms with Crippen molar-refractivity contribution in [2.75, 3.05) is 18.0 Å². The number of nitrogens with one attached hydrogen (secondary N) is 1. The van der Waals surface area contributed by atoms with Crippen molar-refractivity contribution >= 4 is 17.8 Å². The molecule has 0 radical (unpaired) electrons. The molecule has 1 aliphatic rings. The third-order valence-electron chi connectivity index (χ3n) is 4.53. The molecule has 0 spiro atoms. The minimum absolute atomic E-state index is 0.258. The molecule has 2 heterocycles. The summed E-state index contributed by atoms with van der Waals surface area (Å²) >= 11 is 0. The van der Waals surface area contributed by atoms with E-state index in [1.807, 2.05) is 19.1 Å². The summed E-state index contributed by atoms with van der Waals surface area (Å²) in [6.45, 7) is 5.85. The number of hydrogen-bond acceptors (Lipinski definition) is 4. The van der Waals surface area contributed by atoms with Crippen LogP contribution in [0.15, 0.2) is 39.9 Å². The van der Waals surface area contributed by atoms with Crippen LogP contribution in [-0.2, 0) is 0 Å². The molecule has 5 heteroatoms. The van der Waals surface area contributed by atoms with Crippen LogP contribution in [0.4, 0.5) is 5.69 Å². The van der Waals surface area contributed by atoms with E-state index in [-0.39, 0.29) is 5.91 Å². The molecule has 0 saturated carbocycles. The van der Waals surface area contributed by atoms with Crippen molar-refractivity contribution in [2.45, 2.75) is 39.5 Å². The van der Waals surface area contributed by atoms with Crippen LogP contribution in [-0.4, -0.2) is 25.2 Å². The Morgan fingerprint density at radius 3 is 2.40 bits per heavy atom. The summed E-state index contributed by atoms with van der Waals surface area (Å²) in [6.07, 6.45) is 6.85. The minimum Gasteiger partial charge on any atom is -0.466 e. The first-order valence-electron chi connectivity index (χ1n) is 8.89. The molecule has 25 heavy (non-hydrogen) atoms. The molecule has 0 bridgehead atoms. The van der Waals surface area contributed by atoms with Crippen molar-refractivity contribution in [3.05, 3.63) is 53.0 Å². The SMILES string of the molecule is Cc1cc(C(=O)N/N=C\c2ccc(N3CCCCCC3)cc2)c(C)o1. The summed E-state index contributed by atoms with van der Waals surface area (Å²) in [5, 5.41) is 4.05. The first-order valence-corrected chi connectivity index (χ1v) is 8.89. The van der Waals surface area contributed by atoms with Crippen LogP contribution in [0.2, 0.25) is 0 Å². The molecule has 0 atom stereocenters. The third kappa shape index (κ3) is 4.50. The third-order valence-corrected chi connectivity index (χ3v) is 4.53. The maximum Gasteiger partial charge on any atom is 0.274 e. The Kier molecular flexibility index (Phi) is 5.53. The zero-order chi connectivity index (χ0) is 17.6. The zero-order valence-corrected chi connectivity index (χ0v) is 14.9. The molecule has 3 rings (SSSR count). The molecule has 1 fully saturated rings. The maximum atomic E-state index is 12.1. The van der Waals surface area contributed by atoms with Crippen molar-refractivity contribution in [3.63, 3.8) is 0 Å². The van der Waals surface area contributed by atoms with Crippen LogP contribution < -0.4 is 10.3 Å². The van der Waals surface area contributed by atoms with Gasteiger partial charge in [-0.15, -0.1) is 0 Å². The highest BCUT2D eigenvalue weighted by molar-refractivity contribution is 5.95. The maximum absolute atomic E-state index is 12.1. The van der Waals surface area contributed by atoms with E-state index in [1.165, 1.54) is 31.4 Å². The Labute approximate surface area is 148 Å². The largest absolute Gasteiger partial charge is 0.466 e. The van der Waals surface area contributed by atoms with Gasteiger partial charge in [0.1, 0.15) is 11.5 Å². The summed E-state index contributed by atoms with van der Waals surface area (Å²) in [4.78, 5) is 14.5. The highest BCUT2D eigenvalue weighted by Crippen LogP contribution is 2.19. The lowest BCUT2D eigenvalue weighted by molar-refractivity contribution is 0.0953. The number of anilines is 1. The van der Waals surface area contributed by atoms with Gasteiger partial charge in [-0.25, -0.2) is 5.43 Å². The van der Waals surface area contributed by atoms with Crippen LogP contribution in [0, 0.1) is 13.8 Å². The molecule has 2 aromatic rings. The molecule has 132 valence electrons. The van der Waals surface area contributed by atoms with Crippen LogP contribution in [0.3, 0.4) is 0 Å². The number of amides is 1. The van der Waals surface area contributed by atoms with Crippen LogP contribution >= 0.6 is 0 Å². The van der Waals surface area contributed by atoms with Crippen molar-refractivity contribution in [1.82, 2.24) is 5.43 Å². The summed E-state index contributed by atoms with van der Waals surface area (Å²) in [5.41, 5.74) is 5.28. The average molecular weight is 339 g/mol. The highest BCUT2D eigenvalue weighted by Gasteiger charge is 2.12. The van der Waals surface area contributed by atoms with E-state index >= 15 is 0 Å². The first kappa shape index (κ1) is 17.3. The van der Waals surface area contributed by atoms with E-state index in [0.717, 1.165) is 24.4 Å². The fourth-order valence-corrected chi connectivity index (χ4v) is 3.18. The number of hydrogen-bond donors (Lipinski definition) is 1. The van der Waals surface area contributed by atoms with Crippen molar-refractivity contribution < 1.29 is 9.21 Å². The van der Waals surface area contributed by atoms with Gasteiger partial charge in [0, 0.05) is 18.8 Å². The van der Waals surface area contributed by atoms with Gasteiger partial charge in [-0.2, -0.15) is 5.10 Å². The van der Waals surface area contributed by atoms with Gasteiger partial charge in [0.25, 0.3) is 5.91 Å². The van der Waals surface area contributed by atoms with Crippen molar-refractivity contribution in [3.8, 4) is 0 Å².